The first kappa shape index (κ1) is 18.3. The summed E-state index contributed by atoms with van der Waals surface area (Å²) in [5.41, 5.74) is 1.33. The predicted molar refractivity (Wildman–Crippen MR) is 90.2 cm³/mol. The molecule has 0 unspecified atom stereocenters. The number of hydrogen-bond donors (Lipinski definition) is 1. The van der Waals surface area contributed by atoms with Crippen molar-refractivity contribution in [2.75, 3.05) is 18.4 Å². The van der Waals surface area contributed by atoms with E-state index in [0.29, 0.717) is 13.1 Å². The van der Waals surface area contributed by atoms with Crippen molar-refractivity contribution in [3.63, 3.8) is 0 Å². The van der Waals surface area contributed by atoms with Crippen LogP contribution in [0.5, 0.6) is 0 Å². The van der Waals surface area contributed by atoms with Crippen LogP contribution >= 0.6 is 0 Å². The molecule has 0 fully saturated rings. The molecule has 0 aliphatic carbocycles. The average molecular weight is 307 g/mol. The first-order chi connectivity index (χ1) is 10.0. The summed E-state index contributed by atoms with van der Waals surface area (Å²) in [7, 11) is 0. The molecule has 1 rings (SSSR count). The van der Waals surface area contributed by atoms with Gasteiger partial charge in [0.1, 0.15) is 5.60 Å². The SMILES string of the molecule is Cc1ccncc1NCCN(C(=O)OC(C)(C)C)C(C)(C)C. The van der Waals surface area contributed by atoms with E-state index in [1.165, 1.54) is 0 Å². The smallest absolute Gasteiger partial charge is 0.410 e. The van der Waals surface area contributed by atoms with E-state index in [0.717, 1.165) is 11.3 Å². The largest absolute Gasteiger partial charge is 0.444 e. The molecule has 0 atom stereocenters. The molecule has 0 aromatic carbocycles. The molecule has 0 aliphatic rings. The van der Waals surface area contributed by atoms with Crippen molar-refractivity contribution in [3.8, 4) is 0 Å². The molecule has 22 heavy (non-hydrogen) atoms. The predicted octanol–water partition coefficient (Wildman–Crippen LogP) is 3.84. The quantitative estimate of drug-likeness (QED) is 0.918. The zero-order valence-corrected chi connectivity index (χ0v) is 14.9. The Morgan fingerprint density at radius 1 is 1.27 bits per heavy atom. The van der Waals surface area contributed by atoms with Crippen LogP contribution in [0.2, 0.25) is 0 Å². The highest BCUT2D eigenvalue weighted by molar-refractivity contribution is 5.69. The molecule has 1 aromatic rings. The van der Waals surface area contributed by atoms with Gasteiger partial charge in [-0.1, -0.05) is 0 Å². The lowest BCUT2D eigenvalue weighted by atomic mass is 10.1. The summed E-state index contributed by atoms with van der Waals surface area (Å²) in [4.78, 5) is 18.2. The Balaban J connectivity index is 2.67. The van der Waals surface area contributed by atoms with Gasteiger partial charge in [-0.05, 0) is 60.1 Å². The molecular weight excluding hydrogens is 278 g/mol. The third kappa shape index (κ3) is 5.92. The lowest BCUT2D eigenvalue weighted by molar-refractivity contribution is 0.00749. The summed E-state index contributed by atoms with van der Waals surface area (Å²) in [5, 5.41) is 3.32. The summed E-state index contributed by atoms with van der Waals surface area (Å²) >= 11 is 0. The average Bonchev–Trinajstić information content (AvgIpc) is 2.32. The summed E-state index contributed by atoms with van der Waals surface area (Å²) in [6, 6.07) is 1.96. The molecular formula is C17H29N3O2. The van der Waals surface area contributed by atoms with E-state index < -0.39 is 5.60 Å². The van der Waals surface area contributed by atoms with Crippen molar-refractivity contribution < 1.29 is 9.53 Å². The van der Waals surface area contributed by atoms with Crippen LogP contribution in [0.4, 0.5) is 10.5 Å². The highest BCUT2D eigenvalue weighted by Gasteiger charge is 2.30. The first-order valence-corrected chi connectivity index (χ1v) is 7.66. The number of pyridine rings is 1. The Labute approximate surface area is 134 Å². The highest BCUT2D eigenvalue weighted by Crippen LogP contribution is 2.18. The van der Waals surface area contributed by atoms with Crippen LogP contribution in [0.25, 0.3) is 0 Å². The van der Waals surface area contributed by atoms with Gasteiger partial charge in [0, 0.05) is 24.8 Å². The van der Waals surface area contributed by atoms with Gasteiger partial charge in [0.15, 0.2) is 0 Å². The Hall–Kier alpha value is -1.78. The van der Waals surface area contributed by atoms with Crippen molar-refractivity contribution in [3.05, 3.63) is 24.0 Å². The molecule has 1 N–H and O–H groups in total. The number of nitrogens with zero attached hydrogens (tertiary/aromatic N) is 2. The van der Waals surface area contributed by atoms with Crippen molar-refractivity contribution in [1.82, 2.24) is 9.88 Å². The summed E-state index contributed by atoms with van der Waals surface area (Å²) in [5.74, 6) is 0. The fourth-order valence-corrected chi connectivity index (χ4v) is 1.97. The van der Waals surface area contributed by atoms with Gasteiger partial charge < -0.3 is 15.0 Å². The van der Waals surface area contributed by atoms with Gasteiger partial charge in [0.05, 0.1) is 11.9 Å². The summed E-state index contributed by atoms with van der Waals surface area (Å²) in [6.07, 6.45) is 3.28. The van der Waals surface area contributed by atoms with E-state index in [9.17, 15) is 4.79 Å². The van der Waals surface area contributed by atoms with Gasteiger partial charge in [0.25, 0.3) is 0 Å². The second-order valence-electron chi connectivity index (χ2n) is 7.42. The highest BCUT2D eigenvalue weighted by atomic mass is 16.6. The molecule has 5 heteroatoms. The Morgan fingerprint density at radius 3 is 2.41 bits per heavy atom. The second-order valence-corrected chi connectivity index (χ2v) is 7.42. The van der Waals surface area contributed by atoms with E-state index in [4.69, 9.17) is 4.74 Å². The lowest BCUT2D eigenvalue weighted by Gasteiger charge is -2.37. The van der Waals surface area contributed by atoms with Crippen LogP contribution in [0.15, 0.2) is 18.5 Å². The number of hydrogen-bond acceptors (Lipinski definition) is 4. The van der Waals surface area contributed by atoms with Crippen LogP contribution in [0, 0.1) is 6.92 Å². The van der Waals surface area contributed by atoms with E-state index in [1.54, 1.807) is 17.3 Å². The van der Waals surface area contributed by atoms with Gasteiger partial charge in [0.2, 0.25) is 0 Å². The van der Waals surface area contributed by atoms with E-state index in [-0.39, 0.29) is 11.6 Å². The van der Waals surface area contributed by atoms with Gasteiger partial charge in [-0.15, -0.1) is 0 Å². The van der Waals surface area contributed by atoms with E-state index in [1.807, 2.05) is 54.5 Å². The van der Waals surface area contributed by atoms with Crippen LogP contribution in [-0.2, 0) is 4.74 Å². The number of amides is 1. The standard InChI is InChI=1S/C17H29N3O2/c1-13-8-9-18-12-14(13)19-10-11-20(16(2,3)4)15(21)22-17(5,6)7/h8-9,12,19H,10-11H2,1-7H3. The molecule has 0 bridgehead atoms. The summed E-state index contributed by atoms with van der Waals surface area (Å²) < 4.78 is 5.50. The number of nitrogens with one attached hydrogen (secondary N) is 1. The van der Waals surface area contributed by atoms with Gasteiger partial charge in [-0.2, -0.15) is 0 Å². The van der Waals surface area contributed by atoms with Crippen molar-refractivity contribution in [2.45, 2.75) is 59.6 Å². The molecule has 1 amide bonds. The number of carbonyl (C=O) groups excluding carboxylic acids is 1. The molecule has 124 valence electrons. The normalized spacial score (nSPS) is 12.0. The Morgan fingerprint density at radius 2 is 1.91 bits per heavy atom. The molecule has 0 saturated heterocycles. The number of aromatic nitrogens is 1. The van der Waals surface area contributed by atoms with Crippen LogP contribution < -0.4 is 5.32 Å². The van der Waals surface area contributed by atoms with Gasteiger partial charge >= 0.3 is 6.09 Å². The first-order valence-electron chi connectivity index (χ1n) is 7.66. The number of aryl methyl sites for hydroxylation is 1. The summed E-state index contributed by atoms with van der Waals surface area (Å²) in [6.45, 7) is 14.9. The number of anilines is 1. The Kier molecular flexibility index (Phi) is 5.80. The van der Waals surface area contributed by atoms with Crippen LogP contribution in [0.1, 0.15) is 47.1 Å². The van der Waals surface area contributed by atoms with Crippen molar-refractivity contribution in [2.24, 2.45) is 0 Å². The minimum Gasteiger partial charge on any atom is -0.444 e. The third-order valence-corrected chi connectivity index (χ3v) is 3.11. The van der Waals surface area contributed by atoms with Crippen LogP contribution in [-0.4, -0.2) is 40.2 Å². The molecule has 0 spiro atoms. The monoisotopic (exact) mass is 307 g/mol. The minimum absolute atomic E-state index is 0.287. The maximum Gasteiger partial charge on any atom is 0.410 e. The zero-order chi connectivity index (χ0) is 17.0. The zero-order valence-electron chi connectivity index (χ0n) is 14.9. The molecule has 5 nitrogen and oxygen atoms in total. The van der Waals surface area contributed by atoms with Gasteiger partial charge in [-0.3, -0.25) is 4.98 Å². The second kappa shape index (κ2) is 6.99. The maximum atomic E-state index is 12.4. The fraction of sp³-hybridized carbons (Fsp3) is 0.647. The molecule has 0 aliphatic heterocycles. The number of carbonyl (C=O) groups is 1. The van der Waals surface area contributed by atoms with Crippen molar-refractivity contribution in [1.29, 1.82) is 0 Å². The fourth-order valence-electron chi connectivity index (χ4n) is 1.97. The van der Waals surface area contributed by atoms with E-state index >= 15 is 0 Å². The Bertz CT molecular complexity index is 501. The van der Waals surface area contributed by atoms with E-state index in [2.05, 4.69) is 10.3 Å². The maximum absolute atomic E-state index is 12.4. The molecule has 1 heterocycles. The third-order valence-electron chi connectivity index (χ3n) is 3.11. The minimum atomic E-state index is -0.492. The van der Waals surface area contributed by atoms with Crippen LogP contribution in [0.3, 0.4) is 0 Å². The number of rotatable bonds is 4. The molecule has 0 radical (unpaired) electrons. The van der Waals surface area contributed by atoms with Gasteiger partial charge in [-0.25, -0.2) is 4.79 Å². The molecule has 0 saturated carbocycles. The lowest BCUT2D eigenvalue weighted by Crippen LogP contribution is -2.49. The van der Waals surface area contributed by atoms with Crippen molar-refractivity contribution >= 4 is 11.8 Å². The topological polar surface area (TPSA) is 54.5 Å². The number of ether oxygens (including phenoxy) is 1. The molecule has 1 aromatic heterocycles.